The minimum Gasteiger partial charge on any atom is -0.348 e. The van der Waals surface area contributed by atoms with E-state index in [0.717, 1.165) is 43.0 Å². The summed E-state index contributed by atoms with van der Waals surface area (Å²) in [5.74, 6) is -0.0753. The molecule has 0 spiro atoms. The van der Waals surface area contributed by atoms with Crippen LogP contribution in [-0.4, -0.2) is 39.6 Å². The fraction of sp³-hybridized carbons (Fsp3) is 0.533. The van der Waals surface area contributed by atoms with Gasteiger partial charge in [-0.1, -0.05) is 0 Å². The number of nitrogens with one attached hydrogen (secondary N) is 2. The molecule has 22 heavy (non-hydrogen) atoms. The average molecular weight is 324 g/mol. The lowest BCUT2D eigenvalue weighted by molar-refractivity contribution is 0.0931. The minimum absolute atomic E-state index is 0. The number of nitrogens with zero attached hydrogens (tertiary/aromatic N) is 3. The first-order chi connectivity index (χ1) is 10.1. The van der Waals surface area contributed by atoms with Gasteiger partial charge in [0.1, 0.15) is 5.56 Å². The van der Waals surface area contributed by atoms with Gasteiger partial charge in [0, 0.05) is 24.0 Å². The van der Waals surface area contributed by atoms with Crippen LogP contribution in [0.3, 0.4) is 0 Å². The quantitative estimate of drug-likeness (QED) is 0.880. The minimum atomic E-state index is -0.0753. The van der Waals surface area contributed by atoms with Gasteiger partial charge in [-0.2, -0.15) is 5.10 Å². The van der Waals surface area contributed by atoms with E-state index >= 15 is 0 Å². The predicted molar refractivity (Wildman–Crippen MR) is 87.8 cm³/mol. The molecule has 1 atom stereocenters. The molecule has 1 aliphatic heterocycles. The number of rotatable bonds is 2. The summed E-state index contributed by atoms with van der Waals surface area (Å²) in [5, 5.41) is 10.8. The number of carbonyl (C=O) groups is 1. The number of piperidine rings is 1. The number of fused-ring (bicyclic) bond motifs is 1. The highest BCUT2D eigenvalue weighted by molar-refractivity contribution is 6.01. The Morgan fingerprint density at radius 3 is 2.86 bits per heavy atom. The number of hydrogen-bond acceptors (Lipinski definition) is 4. The fourth-order valence-corrected chi connectivity index (χ4v) is 2.93. The van der Waals surface area contributed by atoms with Crippen molar-refractivity contribution >= 4 is 24.0 Å². The first kappa shape index (κ1) is 16.7. The van der Waals surface area contributed by atoms with E-state index in [0.29, 0.717) is 11.2 Å². The lowest BCUT2D eigenvalue weighted by Gasteiger charge is -2.23. The molecule has 3 heterocycles. The number of amides is 1. The summed E-state index contributed by atoms with van der Waals surface area (Å²) in [5.41, 5.74) is 3.84. The average Bonchev–Trinajstić information content (AvgIpc) is 2.76. The third-order valence-electron chi connectivity index (χ3n) is 3.93. The van der Waals surface area contributed by atoms with Crippen molar-refractivity contribution in [1.82, 2.24) is 25.2 Å². The highest BCUT2D eigenvalue weighted by Crippen LogP contribution is 2.16. The van der Waals surface area contributed by atoms with Gasteiger partial charge in [0.05, 0.1) is 5.69 Å². The second kappa shape index (κ2) is 6.62. The topological polar surface area (TPSA) is 71.3 Å². The van der Waals surface area contributed by atoms with Crippen LogP contribution < -0.4 is 10.6 Å². The maximum Gasteiger partial charge on any atom is 0.257 e. The number of aromatic nitrogens is 3. The van der Waals surface area contributed by atoms with Crippen molar-refractivity contribution in [2.24, 2.45) is 0 Å². The van der Waals surface area contributed by atoms with Crippen LogP contribution in [-0.2, 0) is 0 Å². The number of aryl methyl sites for hydroxylation is 3. The Balaban J connectivity index is 0.00000176. The first-order valence-electron chi connectivity index (χ1n) is 7.41. The van der Waals surface area contributed by atoms with Gasteiger partial charge in [0.25, 0.3) is 5.91 Å². The van der Waals surface area contributed by atoms with Gasteiger partial charge in [-0.3, -0.25) is 4.79 Å². The lowest BCUT2D eigenvalue weighted by Crippen LogP contribution is -2.45. The first-order valence-corrected chi connectivity index (χ1v) is 7.41. The zero-order chi connectivity index (χ0) is 15.0. The molecule has 1 fully saturated rings. The van der Waals surface area contributed by atoms with Crippen LogP contribution in [0.5, 0.6) is 0 Å². The maximum atomic E-state index is 12.6. The largest absolute Gasteiger partial charge is 0.348 e. The Bertz CT molecular complexity index is 691. The van der Waals surface area contributed by atoms with Crippen molar-refractivity contribution < 1.29 is 4.79 Å². The van der Waals surface area contributed by atoms with Crippen molar-refractivity contribution in [2.45, 2.75) is 39.7 Å². The molecule has 2 aromatic heterocycles. The van der Waals surface area contributed by atoms with E-state index in [2.05, 4.69) is 20.7 Å². The molecule has 120 valence electrons. The molecule has 1 saturated heterocycles. The van der Waals surface area contributed by atoms with E-state index in [1.807, 2.05) is 26.8 Å². The zero-order valence-corrected chi connectivity index (χ0v) is 14.0. The summed E-state index contributed by atoms with van der Waals surface area (Å²) in [4.78, 5) is 17.1. The van der Waals surface area contributed by atoms with Gasteiger partial charge in [-0.15, -0.1) is 12.4 Å². The van der Waals surface area contributed by atoms with Gasteiger partial charge in [0.2, 0.25) is 0 Å². The summed E-state index contributed by atoms with van der Waals surface area (Å²) in [6.45, 7) is 7.62. The Hall–Kier alpha value is -1.66. The Labute approximate surface area is 136 Å². The van der Waals surface area contributed by atoms with Gasteiger partial charge in [-0.05, 0) is 46.2 Å². The molecule has 3 rings (SSSR count). The van der Waals surface area contributed by atoms with E-state index in [1.165, 1.54) is 0 Å². The molecule has 2 N–H and O–H groups in total. The van der Waals surface area contributed by atoms with Gasteiger partial charge >= 0.3 is 0 Å². The molecule has 0 aliphatic carbocycles. The van der Waals surface area contributed by atoms with E-state index in [-0.39, 0.29) is 24.4 Å². The second-order valence-corrected chi connectivity index (χ2v) is 5.75. The highest BCUT2D eigenvalue weighted by atomic mass is 35.5. The summed E-state index contributed by atoms with van der Waals surface area (Å²) in [6, 6.07) is 2.15. The van der Waals surface area contributed by atoms with E-state index < -0.39 is 0 Å². The molecule has 0 saturated carbocycles. The van der Waals surface area contributed by atoms with E-state index in [9.17, 15) is 4.79 Å². The fourth-order valence-electron chi connectivity index (χ4n) is 2.93. The van der Waals surface area contributed by atoms with Crippen LogP contribution >= 0.6 is 12.4 Å². The molecule has 0 aromatic carbocycles. The van der Waals surface area contributed by atoms with Crippen LogP contribution in [0.1, 0.15) is 40.3 Å². The molecule has 0 bridgehead atoms. The van der Waals surface area contributed by atoms with Crippen molar-refractivity contribution in [2.75, 3.05) is 13.1 Å². The molecule has 1 amide bonds. The van der Waals surface area contributed by atoms with Crippen molar-refractivity contribution in [3.8, 4) is 0 Å². The van der Waals surface area contributed by atoms with Crippen LogP contribution in [0.15, 0.2) is 6.07 Å². The van der Waals surface area contributed by atoms with Gasteiger partial charge in [0.15, 0.2) is 5.65 Å². The van der Waals surface area contributed by atoms with E-state index in [1.54, 1.807) is 4.52 Å². The van der Waals surface area contributed by atoms with Crippen molar-refractivity contribution in [3.05, 3.63) is 28.7 Å². The monoisotopic (exact) mass is 323 g/mol. The number of halogens is 1. The molecular weight excluding hydrogens is 302 g/mol. The number of hydrogen-bond donors (Lipinski definition) is 2. The number of carbonyl (C=O) groups excluding carboxylic acids is 1. The Morgan fingerprint density at radius 1 is 1.41 bits per heavy atom. The third kappa shape index (κ3) is 3.08. The molecule has 0 radical (unpaired) electrons. The molecular formula is C15H22ClN5O. The lowest BCUT2D eigenvalue weighted by atomic mass is 10.1. The van der Waals surface area contributed by atoms with Crippen LogP contribution in [0.2, 0.25) is 0 Å². The third-order valence-corrected chi connectivity index (χ3v) is 3.93. The maximum absolute atomic E-state index is 12.6. The summed E-state index contributed by atoms with van der Waals surface area (Å²) >= 11 is 0. The van der Waals surface area contributed by atoms with Gasteiger partial charge < -0.3 is 10.6 Å². The predicted octanol–water partition coefficient (Wildman–Crippen LogP) is 1.56. The standard InChI is InChI=1S/C15H21N5O.ClH/c1-9-7-10(2)20-14(17-9)13(11(3)19-20)15(21)18-12-5-4-6-16-8-12;/h7,12,16H,4-6,8H2,1-3H3,(H,18,21);1H. The normalized spacial score (nSPS) is 18.0. The molecule has 7 heteroatoms. The van der Waals surface area contributed by atoms with Crippen LogP contribution in [0, 0.1) is 20.8 Å². The molecule has 6 nitrogen and oxygen atoms in total. The highest BCUT2D eigenvalue weighted by Gasteiger charge is 2.22. The van der Waals surface area contributed by atoms with Crippen LogP contribution in [0.25, 0.3) is 5.65 Å². The van der Waals surface area contributed by atoms with Gasteiger partial charge in [-0.25, -0.2) is 9.50 Å². The summed E-state index contributed by atoms with van der Waals surface area (Å²) in [7, 11) is 0. The second-order valence-electron chi connectivity index (χ2n) is 5.75. The Morgan fingerprint density at radius 2 is 2.18 bits per heavy atom. The Kier molecular flexibility index (Phi) is 5.03. The molecule has 1 aliphatic rings. The summed E-state index contributed by atoms with van der Waals surface area (Å²) < 4.78 is 1.75. The van der Waals surface area contributed by atoms with E-state index in [4.69, 9.17) is 0 Å². The molecule has 2 aromatic rings. The summed E-state index contributed by atoms with van der Waals surface area (Å²) in [6.07, 6.45) is 2.11. The smallest absolute Gasteiger partial charge is 0.257 e. The van der Waals surface area contributed by atoms with Crippen molar-refractivity contribution in [1.29, 1.82) is 0 Å². The van der Waals surface area contributed by atoms with Crippen molar-refractivity contribution in [3.63, 3.8) is 0 Å². The molecule has 1 unspecified atom stereocenters. The SMILES string of the molecule is Cc1cc(C)n2nc(C)c(C(=O)NC3CCCNC3)c2n1.Cl. The van der Waals surface area contributed by atoms with Crippen LogP contribution in [0.4, 0.5) is 0 Å². The zero-order valence-electron chi connectivity index (χ0n) is 13.1.